The van der Waals surface area contributed by atoms with Gasteiger partial charge in [-0.2, -0.15) is 0 Å². The van der Waals surface area contributed by atoms with Gasteiger partial charge in [-0.1, -0.05) is 18.2 Å². The van der Waals surface area contributed by atoms with Crippen LogP contribution in [0.5, 0.6) is 0 Å². The van der Waals surface area contributed by atoms with Crippen molar-refractivity contribution in [2.45, 2.75) is 24.8 Å². The number of fused-ring (bicyclic) bond motifs is 1. The second kappa shape index (κ2) is 7.49. The number of hydrogen-bond donors (Lipinski definition) is 1. The highest BCUT2D eigenvalue weighted by Crippen LogP contribution is 2.39. The van der Waals surface area contributed by atoms with Gasteiger partial charge in [0.25, 0.3) is 0 Å². The zero-order valence-electron chi connectivity index (χ0n) is 16.7. The van der Waals surface area contributed by atoms with E-state index in [0.29, 0.717) is 11.4 Å². The molecule has 0 aromatic heterocycles. The van der Waals surface area contributed by atoms with Crippen LogP contribution in [0.15, 0.2) is 47.4 Å². The highest BCUT2D eigenvalue weighted by molar-refractivity contribution is 7.89. The van der Waals surface area contributed by atoms with Crippen LogP contribution >= 0.6 is 0 Å². The monoisotopic (exact) mass is 417 g/mol. The third-order valence-corrected chi connectivity index (χ3v) is 6.78. The quantitative estimate of drug-likeness (QED) is 0.828. The van der Waals surface area contributed by atoms with E-state index in [1.54, 1.807) is 42.2 Å². The topological polar surface area (TPSA) is 98.2 Å². The Morgan fingerprint density at radius 2 is 1.62 bits per heavy atom. The van der Waals surface area contributed by atoms with Gasteiger partial charge in [0.1, 0.15) is 0 Å². The van der Waals surface area contributed by atoms with Gasteiger partial charge in [-0.15, -0.1) is 0 Å². The van der Waals surface area contributed by atoms with Gasteiger partial charge < -0.3 is 10.0 Å². The maximum Gasteiger partial charge on any atom is 0.411 e. The van der Waals surface area contributed by atoms with Crippen molar-refractivity contribution in [2.75, 3.05) is 30.4 Å². The van der Waals surface area contributed by atoms with Crippen molar-refractivity contribution in [1.29, 1.82) is 0 Å². The van der Waals surface area contributed by atoms with Crippen LogP contribution in [-0.2, 0) is 14.8 Å². The molecule has 8 nitrogen and oxygen atoms in total. The lowest BCUT2D eigenvalue weighted by Crippen LogP contribution is -2.51. The predicted octanol–water partition coefficient (Wildman–Crippen LogP) is 2.84. The van der Waals surface area contributed by atoms with Crippen molar-refractivity contribution >= 4 is 33.4 Å². The van der Waals surface area contributed by atoms with Gasteiger partial charge in [-0.3, -0.25) is 9.69 Å². The number of nitrogens with zero attached hydrogens (tertiary/aromatic N) is 3. The third kappa shape index (κ3) is 3.70. The Morgan fingerprint density at radius 1 is 1.03 bits per heavy atom. The summed E-state index contributed by atoms with van der Waals surface area (Å²) in [5.41, 5.74) is 2.42. The number of hydrogen-bond acceptors (Lipinski definition) is 4. The molecule has 1 atom stereocenters. The van der Waals surface area contributed by atoms with Crippen LogP contribution in [0.2, 0.25) is 0 Å². The molecule has 2 aromatic rings. The van der Waals surface area contributed by atoms with E-state index in [4.69, 9.17) is 0 Å². The Labute approximate surface area is 170 Å². The summed E-state index contributed by atoms with van der Waals surface area (Å²) in [5.74, 6) is -0.158. The van der Waals surface area contributed by atoms with Crippen LogP contribution in [0.1, 0.15) is 13.8 Å². The van der Waals surface area contributed by atoms with Crippen molar-refractivity contribution in [3.8, 4) is 11.1 Å². The number of carboxylic acid groups (broad SMARTS) is 1. The maximum atomic E-state index is 12.2. The average molecular weight is 417 g/mol. The molecule has 2 aromatic carbocycles. The third-order valence-electron chi connectivity index (χ3n) is 4.95. The molecule has 3 rings (SSSR count). The van der Waals surface area contributed by atoms with E-state index in [1.165, 1.54) is 38.1 Å². The van der Waals surface area contributed by atoms with Crippen LogP contribution in [0, 0.1) is 0 Å². The zero-order chi connectivity index (χ0) is 21.5. The molecule has 0 fully saturated rings. The maximum absolute atomic E-state index is 12.2. The Balaban J connectivity index is 2.06. The minimum atomic E-state index is -3.53. The van der Waals surface area contributed by atoms with E-state index in [-0.39, 0.29) is 23.4 Å². The summed E-state index contributed by atoms with van der Waals surface area (Å²) in [4.78, 5) is 26.8. The molecule has 0 spiro atoms. The lowest BCUT2D eigenvalue weighted by atomic mass is 10.0. The Kier molecular flexibility index (Phi) is 5.38. The molecule has 1 aliphatic rings. The van der Waals surface area contributed by atoms with E-state index >= 15 is 0 Å². The van der Waals surface area contributed by atoms with Crippen molar-refractivity contribution < 1.29 is 23.1 Å². The SMILES string of the molecule is CC(=O)N1c2ccc(-c3ccc(S(=O)(=O)N(C)C)cc3)cc2N(C(=O)O)C[C@@H]1C. The molecule has 1 heterocycles. The second-order valence-corrected chi connectivity index (χ2v) is 9.30. The van der Waals surface area contributed by atoms with Crippen LogP contribution < -0.4 is 9.80 Å². The summed E-state index contributed by atoms with van der Waals surface area (Å²) in [6.45, 7) is 3.43. The summed E-state index contributed by atoms with van der Waals surface area (Å²) >= 11 is 0. The molecule has 1 aliphatic heterocycles. The molecule has 2 amide bonds. The van der Waals surface area contributed by atoms with Crippen LogP contribution in [0.25, 0.3) is 11.1 Å². The molecule has 0 radical (unpaired) electrons. The minimum Gasteiger partial charge on any atom is -0.465 e. The average Bonchev–Trinajstić information content (AvgIpc) is 2.66. The molecule has 9 heteroatoms. The van der Waals surface area contributed by atoms with Crippen molar-refractivity contribution in [3.05, 3.63) is 42.5 Å². The van der Waals surface area contributed by atoms with Crippen LogP contribution in [0.3, 0.4) is 0 Å². The molecule has 29 heavy (non-hydrogen) atoms. The summed E-state index contributed by atoms with van der Waals surface area (Å²) < 4.78 is 25.6. The van der Waals surface area contributed by atoms with Gasteiger partial charge in [0.05, 0.1) is 22.3 Å². The first kappa shape index (κ1) is 20.8. The number of sulfonamides is 1. The Morgan fingerprint density at radius 3 is 2.14 bits per heavy atom. The van der Waals surface area contributed by atoms with E-state index in [9.17, 15) is 23.1 Å². The van der Waals surface area contributed by atoms with Gasteiger partial charge in [0, 0.05) is 27.6 Å². The van der Waals surface area contributed by atoms with Crippen molar-refractivity contribution in [3.63, 3.8) is 0 Å². The number of rotatable bonds is 3. The van der Waals surface area contributed by atoms with Crippen molar-refractivity contribution in [2.24, 2.45) is 0 Å². The molecule has 0 aliphatic carbocycles. The normalized spacial score (nSPS) is 16.7. The largest absolute Gasteiger partial charge is 0.465 e. The number of carbonyl (C=O) groups is 2. The van der Waals surface area contributed by atoms with Crippen LogP contribution in [0.4, 0.5) is 16.2 Å². The fraction of sp³-hybridized carbons (Fsp3) is 0.300. The number of anilines is 2. The van der Waals surface area contributed by atoms with Crippen molar-refractivity contribution in [1.82, 2.24) is 4.31 Å². The first-order valence-electron chi connectivity index (χ1n) is 9.01. The van der Waals surface area contributed by atoms with Gasteiger partial charge in [-0.25, -0.2) is 17.5 Å². The predicted molar refractivity (Wildman–Crippen MR) is 111 cm³/mol. The lowest BCUT2D eigenvalue weighted by molar-refractivity contribution is -0.117. The molecule has 0 unspecified atom stereocenters. The number of amides is 2. The molecule has 0 saturated carbocycles. The standard InChI is InChI=1S/C20H23N3O5S/c1-13-12-22(20(25)26)19-11-16(7-10-18(19)23(13)14(2)24)15-5-8-17(9-6-15)29(27,28)21(3)4/h5-11,13H,12H2,1-4H3,(H,25,26)/t13-/m0/s1. The number of benzene rings is 2. The second-order valence-electron chi connectivity index (χ2n) is 7.15. The van der Waals surface area contributed by atoms with E-state index < -0.39 is 16.1 Å². The van der Waals surface area contributed by atoms with Gasteiger partial charge >= 0.3 is 6.09 Å². The smallest absolute Gasteiger partial charge is 0.411 e. The Hall–Kier alpha value is -2.91. The van der Waals surface area contributed by atoms with E-state index in [2.05, 4.69) is 0 Å². The molecule has 154 valence electrons. The van der Waals surface area contributed by atoms with Crippen LogP contribution in [-0.4, -0.2) is 56.5 Å². The van der Waals surface area contributed by atoms with Gasteiger partial charge in [0.2, 0.25) is 15.9 Å². The minimum absolute atomic E-state index is 0.158. The van der Waals surface area contributed by atoms with Gasteiger partial charge in [0.15, 0.2) is 0 Å². The van der Waals surface area contributed by atoms with E-state index in [0.717, 1.165) is 15.4 Å². The summed E-state index contributed by atoms with van der Waals surface area (Å²) in [5, 5.41) is 9.62. The highest BCUT2D eigenvalue weighted by atomic mass is 32.2. The summed E-state index contributed by atoms with van der Waals surface area (Å²) in [6, 6.07) is 11.3. The van der Waals surface area contributed by atoms with Gasteiger partial charge in [-0.05, 0) is 42.3 Å². The fourth-order valence-electron chi connectivity index (χ4n) is 3.50. The first-order chi connectivity index (χ1) is 13.5. The number of carbonyl (C=O) groups excluding carboxylic acids is 1. The molecular weight excluding hydrogens is 394 g/mol. The molecular formula is C20H23N3O5S. The Bertz CT molecular complexity index is 1060. The molecule has 1 N–H and O–H groups in total. The summed E-state index contributed by atoms with van der Waals surface area (Å²) in [7, 11) is -0.595. The molecule has 0 saturated heterocycles. The van der Waals surface area contributed by atoms with E-state index in [1.807, 2.05) is 0 Å². The molecule has 0 bridgehead atoms. The zero-order valence-corrected chi connectivity index (χ0v) is 17.5. The lowest BCUT2D eigenvalue weighted by Gasteiger charge is -2.39. The summed E-state index contributed by atoms with van der Waals surface area (Å²) in [6.07, 6.45) is -1.09. The highest BCUT2D eigenvalue weighted by Gasteiger charge is 2.33. The first-order valence-corrected chi connectivity index (χ1v) is 10.5. The fourth-order valence-corrected chi connectivity index (χ4v) is 4.40.